The van der Waals surface area contributed by atoms with E-state index in [0.29, 0.717) is 25.9 Å². The third kappa shape index (κ3) is 4.96. The van der Waals surface area contributed by atoms with E-state index in [4.69, 9.17) is 0 Å². The van der Waals surface area contributed by atoms with Gasteiger partial charge in [0.1, 0.15) is 0 Å². The van der Waals surface area contributed by atoms with E-state index in [1.54, 1.807) is 11.1 Å². The molecule has 1 atom stereocenters. The quantitative estimate of drug-likeness (QED) is 0.859. The van der Waals surface area contributed by atoms with E-state index in [9.17, 15) is 13.2 Å². The first-order valence-electron chi connectivity index (χ1n) is 7.29. The van der Waals surface area contributed by atoms with Crippen LogP contribution < -0.4 is 10.0 Å². The minimum absolute atomic E-state index is 0.0905. The summed E-state index contributed by atoms with van der Waals surface area (Å²) in [6.45, 7) is 2.96. The van der Waals surface area contributed by atoms with Crippen LogP contribution >= 0.6 is 0 Å². The Morgan fingerprint density at radius 1 is 1.36 bits per heavy atom. The fourth-order valence-corrected chi connectivity index (χ4v) is 3.33. The molecule has 1 aromatic heterocycles. The summed E-state index contributed by atoms with van der Waals surface area (Å²) in [5.41, 5.74) is 0.810. The van der Waals surface area contributed by atoms with Crippen molar-refractivity contribution in [1.82, 2.24) is 19.9 Å². The molecular weight excluding hydrogens is 304 g/mol. The molecule has 2 rings (SSSR count). The SMILES string of the molecule is CC(NC(=O)N1CCC(NS(C)(=O)=O)CC1)c1ccccn1. The number of carbonyl (C=O) groups excluding carboxylic acids is 1. The van der Waals surface area contributed by atoms with Gasteiger partial charge in [0, 0.05) is 25.3 Å². The molecule has 1 saturated heterocycles. The number of aromatic nitrogens is 1. The average molecular weight is 326 g/mol. The van der Waals surface area contributed by atoms with Crippen molar-refractivity contribution in [2.45, 2.75) is 31.8 Å². The van der Waals surface area contributed by atoms with Crippen LogP contribution in [0.2, 0.25) is 0 Å². The van der Waals surface area contributed by atoms with Crippen LogP contribution in [0.25, 0.3) is 0 Å². The molecule has 0 aliphatic carbocycles. The van der Waals surface area contributed by atoms with Gasteiger partial charge in [0.15, 0.2) is 0 Å². The molecule has 1 fully saturated rings. The molecule has 2 heterocycles. The molecule has 0 spiro atoms. The van der Waals surface area contributed by atoms with E-state index in [2.05, 4.69) is 15.0 Å². The average Bonchev–Trinajstić information content (AvgIpc) is 2.47. The summed E-state index contributed by atoms with van der Waals surface area (Å²) < 4.78 is 25.0. The normalized spacial score (nSPS) is 18.0. The van der Waals surface area contributed by atoms with Crippen molar-refractivity contribution >= 4 is 16.1 Å². The Labute approximate surface area is 131 Å². The number of nitrogens with one attached hydrogen (secondary N) is 2. The Bertz CT molecular complexity index is 598. The van der Waals surface area contributed by atoms with Gasteiger partial charge >= 0.3 is 6.03 Å². The maximum Gasteiger partial charge on any atom is 0.317 e. The highest BCUT2D eigenvalue weighted by Crippen LogP contribution is 2.13. The fourth-order valence-electron chi connectivity index (χ4n) is 2.49. The van der Waals surface area contributed by atoms with Crippen molar-refractivity contribution in [1.29, 1.82) is 0 Å². The summed E-state index contributed by atoms with van der Waals surface area (Å²) in [5, 5.41) is 2.91. The van der Waals surface area contributed by atoms with E-state index < -0.39 is 10.0 Å². The topological polar surface area (TPSA) is 91.4 Å². The van der Waals surface area contributed by atoms with Crippen molar-refractivity contribution in [3.8, 4) is 0 Å². The second-order valence-corrected chi connectivity index (χ2v) is 7.36. The van der Waals surface area contributed by atoms with Crippen LogP contribution in [-0.4, -0.2) is 49.7 Å². The highest BCUT2D eigenvalue weighted by Gasteiger charge is 2.25. The van der Waals surface area contributed by atoms with Gasteiger partial charge in [-0.3, -0.25) is 4.98 Å². The zero-order chi connectivity index (χ0) is 16.2. The number of sulfonamides is 1. The first-order valence-corrected chi connectivity index (χ1v) is 9.18. The summed E-state index contributed by atoms with van der Waals surface area (Å²) in [5.74, 6) is 0. The lowest BCUT2D eigenvalue weighted by Crippen LogP contribution is -2.49. The molecular formula is C14H22N4O3S. The van der Waals surface area contributed by atoms with Gasteiger partial charge in [0.2, 0.25) is 10.0 Å². The molecule has 22 heavy (non-hydrogen) atoms. The second kappa shape index (κ2) is 7.06. The van der Waals surface area contributed by atoms with Gasteiger partial charge in [-0.25, -0.2) is 17.9 Å². The van der Waals surface area contributed by atoms with Crippen LogP contribution in [0, 0.1) is 0 Å². The number of nitrogens with zero attached hydrogens (tertiary/aromatic N) is 2. The van der Waals surface area contributed by atoms with Crippen LogP contribution in [0.5, 0.6) is 0 Å². The van der Waals surface area contributed by atoms with Crippen LogP contribution in [-0.2, 0) is 10.0 Å². The Kier molecular flexibility index (Phi) is 5.36. The van der Waals surface area contributed by atoms with Crippen molar-refractivity contribution in [2.75, 3.05) is 19.3 Å². The maximum absolute atomic E-state index is 12.2. The fraction of sp³-hybridized carbons (Fsp3) is 0.571. The Morgan fingerprint density at radius 2 is 2.05 bits per heavy atom. The van der Waals surface area contributed by atoms with Crippen molar-refractivity contribution in [2.24, 2.45) is 0 Å². The van der Waals surface area contributed by atoms with Gasteiger partial charge in [-0.05, 0) is 31.9 Å². The molecule has 7 nitrogen and oxygen atoms in total. The van der Waals surface area contributed by atoms with E-state index in [-0.39, 0.29) is 18.1 Å². The highest BCUT2D eigenvalue weighted by atomic mass is 32.2. The minimum atomic E-state index is -3.19. The van der Waals surface area contributed by atoms with Crippen LogP contribution in [0.1, 0.15) is 31.5 Å². The van der Waals surface area contributed by atoms with Gasteiger partial charge in [0.05, 0.1) is 18.0 Å². The molecule has 0 saturated carbocycles. The first kappa shape index (κ1) is 16.7. The van der Waals surface area contributed by atoms with Gasteiger partial charge in [-0.15, -0.1) is 0 Å². The minimum Gasteiger partial charge on any atom is -0.330 e. The van der Waals surface area contributed by atoms with Crippen LogP contribution in [0.3, 0.4) is 0 Å². The monoisotopic (exact) mass is 326 g/mol. The summed E-state index contributed by atoms with van der Waals surface area (Å²) >= 11 is 0. The summed E-state index contributed by atoms with van der Waals surface area (Å²) in [6, 6.07) is 5.18. The van der Waals surface area contributed by atoms with Gasteiger partial charge < -0.3 is 10.2 Å². The number of pyridine rings is 1. The number of hydrogen-bond donors (Lipinski definition) is 2. The van der Waals surface area contributed by atoms with E-state index in [1.165, 1.54) is 0 Å². The van der Waals surface area contributed by atoms with Crippen molar-refractivity contribution in [3.05, 3.63) is 30.1 Å². The third-order valence-corrected chi connectivity index (χ3v) is 4.40. The third-order valence-electron chi connectivity index (χ3n) is 3.63. The number of urea groups is 1. The van der Waals surface area contributed by atoms with Crippen LogP contribution in [0.4, 0.5) is 4.79 Å². The molecule has 0 bridgehead atoms. The predicted molar refractivity (Wildman–Crippen MR) is 83.8 cm³/mol. The number of carbonyl (C=O) groups is 1. The largest absolute Gasteiger partial charge is 0.330 e. The molecule has 2 N–H and O–H groups in total. The zero-order valence-corrected chi connectivity index (χ0v) is 13.6. The van der Waals surface area contributed by atoms with Crippen molar-refractivity contribution < 1.29 is 13.2 Å². The number of likely N-dealkylation sites (tertiary alicyclic amines) is 1. The number of hydrogen-bond acceptors (Lipinski definition) is 4. The summed E-state index contributed by atoms with van der Waals surface area (Å²) in [7, 11) is -3.19. The Morgan fingerprint density at radius 3 is 2.59 bits per heavy atom. The Balaban J connectivity index is 1.83. The lowest BCUT2D eigenvalue weighted by atomic mass is 10.1. The second-order valence-electron chi connectivity index (χ2n) is 5.58. The highest BCUT2D eigenvalue weighted by molar-refractivity contribution is 7.88. The lowest BCUT2D eigenvalue weighted by molar-refractivity contribution is 0.177. The molecule has 1 aliphatic rings. The lowest BCUT2D eigenvalue weighted by Gasteiger charge is -2.32. The molecule has 1 unspecified atom stereocenters. The summed E-state index contributed by atoms with van der Waals surface area (Å²) in [4.78, 5) is 18.1. The molecule has 1 aliphatic heterocycles. The van der Waals surface area contributed by atoms with E-state index >= 15 is 0 Å². The Hall–Kier alpha value is -1.67. The van der Waals surface area contributed by atoms with Crippen LogP contribution in [0.15, 0.2) is 24.4 Å². The number of amides is 2. The molecule has 0 aromatic carbocycles. The number of piperidine rings is 1. The molecule has 8 heteroatoms. The first-order chi connectivity index (χ1) is 10.3. The maximum atomic E-state index is 12.2. The molecule has 1 aromatic rings. The number of rotatable bonds is 4. The molecule has 2 amide bonds. The standard InChI is InChI=1S/C14H22N4O3S/c1-11(13-5-3-4-8-15-13)16-14(19)18-9-6-12(7-10-18)17-22(2,20)21/h3-5,8,11-12,17H,6-7,9-10H2,1-2H3,(H,16,19). The zero-order valence-electron chi connectivity index (χ0n) is 12.8. The van der Waals surface area contributed by atoms with Gasteiger partial charge in [-0.1, -0.05) is 6.07 Å². The molecule has 122 valence electrons. The predicted octanol–water partition coefficient (Wildman–Crippen LogP) is 0.866. The molecule has 0 radical (unpaired) electrons. The summed E-state index contributed by atoms with van der Waals surface area (Å²) in [6.07, 6.45) is 4.10. The van der Waals surface area contributed by atoms with E-state index in [0.717, 1.165) is 11.9 Å². The van der Waals surface area contributed by atoms with E-state index in [1.807, 2.05) is 25.1 Å². The smallest absolute Gasteiger partial charge is 0.317 e. The van der Waals surface area contributed by atoms with Gasteiger partial charge in [0.25, 0.3) is 0 Å². The van der Waals surface area contributed by atoms with Gasteiger partial charge in [-0.2, -0.15) is 0 Å². The van der Waals surface area contributed by atoms with Crippen molar-refractivity contribution in [3.63, 3.8) is 0 Å².